The Balaban J connectivity index is 1.62. The predicted octanol–water partition coefficient (Wildman–Crippen LogP) is 1.83. The van der Waals surface area contributed by atoms with Gasteiger partial charge in [0.25, 0.3) is 0 Å². The Kier molecular flexibility index (Phi) is 7.48. The number of benzene rings is 1. The quantitative estimate of drug-likeness (QED) is 0.685. The molecule has 1 atom stereocenters. The number of hydrogen-bond donors (Lipinski definition) is 1. The van der Waals surface area contributed by atoms with E-state index in [0.717, 1.165) is 12.8 Å². The molecular weight excluding hydrogens is 414 g/mol. The first-order valence-corrected chi connectivity index (χ1v) is 11.0. The zero-order valence-corrected chi connectivity index (χ0v) is 19.5. The maximum Gasteiger partial charge on any atom is 0.227 e. The number of carbonyl (C=O) groups excluding carboxylic acids is 3. The van der Waals surface area contributed by atoms with E-state index in [1.807, 2.05) is 18.7 Å². The molecule has 2 saturated heterocycles. The van der Waals surface area contributed by atoms with E-state index >= 15 is 0 Å². The van der Waals surface area contributed by atoms with Gasteiger partial charge in [0.1, 0.15) is 0 Å². The lowest BCUT2D eigenvalue weighted by molar-refractivity contribution is -0.135. The molecule has 3 amide bonds. The van der Waals surface area contributed by atoms with Crippen LogP contribution in [-0.2, 0) is 14.4 Å². The molecular formula is C23H33N3O6. The molecule has 1 unspecified atom stereocenters. The van der Waals surface area contributed by atoms with Crippen LogP contribution in [0.25, 0.3) is 0 Å². The van der Waals surface area contributed by atoms with Crippen molar-refractivity contribution in [3.63, 3.8) is 0 Å². The molecule has 0 radical (unpaired) electrons. The molecule has 2 heterocycles. The van der Waals surface area contributed by atoms with Crippen molar-refractivity contribution in [2.45, 2.75) is 39.2 Å². The summed E-state index contributed by atoms with van der Waals surface area (Å²) in [7, 11) is 4.55. The number of nitrogens with one attached hydrogen (secondary N) is 1. The summed E-state index contributed by atoms with van der Waals surface area (Å²) < 4.78 is 16.1. The minimum absolute atomic E-state index is 0.0176. The molecule has 176 valence electrons. The molecule has 0 bridgehead atoms. The number of nitrogens with zero attached hydrogens (tertiary/aromatic N) is 2. The molecule has 2 aliphatic rings. The van der Waals surface area contributed by atoms with Gasteiger partial charge >= 0.3 is 0 Å². The highest BCUT2D eigenvalue weighted by molar-refractivity contribution is 6.00. The normalized spacial score (nSPS) is 19.3. The molecule has 1 aromatic rings. The summed E-state index contributed by atoms with van der Waals surface area (Å²) in [6, 6.07) is 3.44. The molecule has 2 aliphatic heterocycles. The molecule has 1 aromatic carbocycles. The number of anilines is 1. The molecule has 0 aromatic heterocycles. The molecule has 3 rings (SSSR count). The van der Waals surface area contributed by atoms with Crippen LogP contribution >= 0.6 is 0 Å². The zero-order valence-electron chi connectivity index (χ0n) is 19.5. The van der Waals surface area contributed by atoms with Crippen molar-refractivity contribution in [2.24, 2.45) is 11.8 Å². The molecule has 1 N–H and O–H groups in total. The summed E-state index contributed by atoms with van der Waals surface area (Å²) in [6.07, 6.45) is 1.59. The van der Waals surface area contributed by atoms with Crippen LogP contribution in [0.2, 0.25) is 0 Å². The van der Waals surface area contributed by atoms with Gasteiger partial charge < -0.3 is 29.3 Å². The second-order valence-electron chi connectivity index (χ2n) is 8.55. The van der Waals surface area contributed by atoms with Crippen molar-refractivity contribution < 1.29 is 28.6 Å². The highest BCUT2D eigenvalue weighted by Crippen LogP contribution is 2.42. The number of amides is 3. The van der Waals surface area contributed by atoms with Gasteiger partial charge in [0.2, 0.25) is 23.5 Å². The summed E-state index contributed by atoms with van der Waals surface area (Å²) in [6.45, 7) is 5.36. The summed E-state index contributed by atoms with van der Waals surface area (Å²) in [5.74, 6) is 0.789. The average molecular weight is 448 g/mol. The van der Waals surface area contributed by atoms with E-state index in [1.54, 1.807) is 17.0 Å². The fourth-order valence-electron chi connectivity index (χ4n) is 4.28. The van der Waals surface area contributed by atoms with Gasteiger partial charge in [-0.3, -0.25) is 14.4 Å². The molecule has 2 fully saturated rings. The summed E-state index contributed by atoms with van der Waals surface area (Å²) >= 11 is 0. The van der Waals surface area contributed by atoms with E-state index in [9.17, 15) is 14.4 Å². The fourth-order valence-corrected chi connectivity index (χ4v) is 4.28. The predicted molar refractivity (Wildman–Crippen MR) is 119 cm³/mol. The van der Waals surface area contributed by atoms with Gasteiger partial charge in [0, 0.05) is 50.1 Å². The second kappa shape index (κ2) is 10.1. The van der Waals surface area contributed by atoms with E-state index in [1.165, 1.54) is 21.3 Å². The van der Waals surface area contributed by atoms with Crippen LogP contribution in [0.5, 0.6) is 17.2 Å². The van der Waals surface area contributed by atoms with Gasteiger partial charge in [0.05, 0.1) is 32.9 Å². The van der Waals surface area contributed by atoms with E-state index in [0.29, 0.717) is 36.0 Å². The lowest BCUT2D eigenvalue weighted by Gasteiger charge is -2.33. The van der Waals surface area contributed by atoms with Gasteiger partial charge in [-0.2, -0.15) is 0 Å². The molecule has 0 saturated carbocycles. The smallest absolute Gasteiger partial charge is 0.227 e. The van der Waals surface area contributed by atoms with Crippen molar-refractivity contribution in [3.8, 4) is 17.2 Å². The number of carbonyl (C=O) groups is 3. The standard InChI is InChI=1S/C23H33N3O6/c1-14(2)23(29)25-8-6-16(7-9-25)24-22(28)15-10-20(27)26(13-15)17-11-18(30-3)21(32-5)19(12-17)31-4/h11-12,14-16H,6-10,13H2,1-5H3,(H,24,28). The lowest BCUT2D eigenvalue weighted by Crippen LogP contribution is -2.48. The van der Waals surface area contributed by atoms with E-state index in [-0.39, 0.29) is 42.6 Å². The van der Waals surface area contributed by atoms with Gasteiger partial charge in [0.15, 0.2) is 11.5 Å². The monoisotopic (exact) mass is 447 g/mol. The van der Waals surface area contributed by atoms with E-state index in [2.05, 4.69) is 5.32 Å². The lowest BCUT2D eigenvalue weighted by atomic mass is 10.0. The third kappa shape index (κ3) is 4.92. The number of piperidine rings is 1. The number of ether oxygens (including phenoxy) is 3. The maximum atomic E-state index is 12.9. The van der Waals surface area contributed by atoms with Crippen molar-refractivity contribution in [1.82, 2.24) is 10.2 Å². The largest absolute Gasteiger partial charge is 0.493 e. The topological polar surface area (TPSA) is 97.4 Å². The van der Waals surface area contributed by atoms with E-state index < -0.39 is 5.92 Å². The summed E-state index contributed by atoms with van der Waals surface area (Å²) in [5, 5.41) is 3.08. The number of likely N-dealkylation sites (tertiary alicyclic amines) is 1. The molecule has 0 aliphatic carbocycles. The van der Waals surface area contributed by atoms with Gasteiger partial charge in [-0.1, -0.05) is 13.8 Å². The third-order valence-corrected chi connectivity index (χ3v) is 6.10. The Morgan fingerprint density at radius 1 is 1.03 bits per heavy atom. The van der Waals surface area contributed by atoms with Crippen LogP contribution in [0.3, 0.4) is 0 Å². The molecule has 9 heteroatoms. The molecule has 9 nitrogen and oxygen atoms in total. The third-order valence-electron chi connectivity index (χ3n) is 6.10. The molecule has 32 heavy (non-hydrogen) atoms. The average Bonchev–Trinajstić information content (AvgIpc) is 3.19. The Morgan fingerprint density at radius 3 is 2.12 bits per heavy atom. The number of rotatable bonds is 7. The van der Waals surface area contributed by atoms with E-state index in [4.69, 9.17) is 14.2 Å². The van der Waals surface area contributed by atoms with Crippen molar-refractivity contribution in [1.29, 1.82) is 0 Å². The highest BCUT2D eigenvalue weighted by Gasteiger charge is 2.37. The molecule has 0 spiro atoms. The first kappa shape index (κ1) is 23.7. The number of hydrogen-bond acceptors (Lipinski definition) is 6. The van der Waals surface area contributed by atoms with Crippen LogP contribution in [0, 0.1) is 11.8 Å². The van der Waals surface area contributed by atoms with Crippen molar-refractivity contribution >= 4 is 23.4 Å². The van der Waals surface area contributed by atoms with Crippen molar-refractivity contribution in [2.75, 3.05) is 45.9 Å². The Hall–Kier alpha value is -2.97. The fraction of sp³-hybridized carbons (Fsp3) is 0.609. The second-order valence-corrected chi connectivity index (χ2v) is 8.55. The van der Waals surface area contributed by atoms with Gasteiger partial charge in [-0.05, 0) is 12.8 Å². The highest BCUT2D eigenvalue weighted by atomic mass is 16.5. The number of methoxy groups -OCH3 is 3. The Bertz CT molecular complexity index is 838. The first-order chi connectivity index (χ1) is 15.3. The summed E-state index contributed by atoms with van der Waals surface area (Å²) in [4.78, 5) is 41.2. The minimum Gasteiger partial charge on any atom is -0.493 e. The van der Waals surface area contributed by atoms with Crippen LogP contribution in [0.4, 0.5) is 5.69 Å². The van der Waals surface area contributed by atoms with Crippen LogP contribution in [0.1, 0.15) is 33.1 Å². The van der Waals surface area contributed by atoms with Crippen LogP contribution in [0.15, 0.2) is 12.1 Å². The Labute approximate surface area is 189 Å². The first-order valence-electron chi connectivity index (χ1n) is 11.0. The van der Waals surface area contributed by atoms with Crippen LogP contribution in [-0.4, -0.2) is 69.6 Å². The van der Waals surface area contributed by atoms with Crippen LogP contribution < -0.4 is 24.4 Å². The minimum atomic E-state index is -0.433. The van der Waals surface area contributed by atoms with Crippen molar-refractivity contribution in [3.05, 3.63) is 12.1 Å². The van der Waals surface area contributed by atoms with Gasteiger partial charge in [-0.15, -0.1) is 0 Å². The zero-order chi connectivity index (χ0) is 23.4. The summed E-state index contributed by atoms with van der Waals surface area (Å²) in [5.41, 5.74) is 0.598. The maximum absolute atomic E-state index is 12.9. The Morgan fingerprint density at radius 2 is 1.62 bits per heavy atom. The van der Waals surface area contributed by atoms with Gasteiger partial charge in [-0.25, -0.2) is 0 Å². The SMILES string of the molecule is COc1cc(N2CC(C(=O)NC3CCN(C(=O)C(C)C)CC3)CC2=O)cc(OC)c1OC.